The SMILES string of the molecule is CC(C)=CCc1ccc(O)c2c1[C@@H](CC(=O)O)OC2. The standard InChI is InChI=1S/C15H18O4/c1-9(2)3-4-10-5-6-12(16)11-8-19-13(15(10)11)7-14(17)18/h3,5-6,13,16H,4,7-8H2,1-2H3,(H,17,18)/t13-/m1/s1. The summed E-state index contributed by atoms with van der Waals surface area (Å²) in [7, 11) is 0. The van der Waals surface area contributed by atoms with Crippen molar-refractivity contribution in [1.29, 1.82) is 0 Å². The lowest BCUT2D eigenvalue weighted by atomic mass is 9.94. The van der Waals surface area contributed by atoms with Crippen molar-refractivity contribution in [2.24, 2.45) is 0 Å². The van der Waals surface area contributed by atoms with E-state index in [2.05, 4.69) is 6.08 Å². The summed E-state index contributed by atoms with van der Waals surface area (Å²) in [6.07, 6.45) is 2.28. The van der Waals surface area contributed by atoms with Crippen molar-refractivity contribution < 1.29 is 19.7 Å². The summed E-state index contributed by atoms with van der Waals surface area (Å²) >= 11 is 0. The Morgan fingerprint density at radius 1 is 1.47 bits per heavy atom. The Morgan fingerprint density at radius 3 is 2.84 bits per heavy atom. The summed E-state index contributed by atoms with van der Waals surface area (Å²) in [6.45, 7) is 4.32. The monoisotopic (exact) mass is 262 g/mol. The predicted octanol–water partition coefficient (Wildman–Crippen LogP) is 2.95. The van der Waals surface area contributed by atoms with Gasteiger partial charge in [0.15, 0.2) is 0 Å². The van der Waals surface area contributed by atoms with Crippen molar-refractivity contribution in [2.45, 2.75) is 39.4 Å². The molecule has 0 amide bonds. The zero-order chi connectivity index (χ0) is 14.0. The second-order valence-corrected chi connectivity index (χ2v) is 5.02. The number of carboxylic acids is 1. The van der Waals surface area contributed by atoms with E-state index in [1.54, 1.807) is 6.07 Å². The Kier molecular flexibility index (Phi) is 3.90. The van der Waals surface area contributed by atoms with Crippen molar-refractivity contribution in [3.8, 4) is 5.75 Å². The Hall–Kier alpha value is -1.81. The molecule has 1 aliphatic heterocycles. The Bertz CT molecular complexity index is 527. The molecule has 4 heteroatoms. The molecule has 1 heterocycles. The fraction of sp³-hybridized carbons (Fsp3) is 0.400. The molecule has 102 valence electrons. The van der Waals surface area contributed by atoms with Crippen LogP contribution in [0.5, 0.6) is 5.75 Å². The molecule has 1 aromatic rings. The smallest absolute Gasteiger partial charge is 0.306 e. The summed E-state index contributed by atoms with van der Waals surface area (Å²) in [5.74, 6) is -0.710. The minimum absolute atomic E-state index is 0.0712. The number of phenols is 1. The normalized spacial score (nSPS) is 17.1. The van der Waals surface area contributed by atoms with Gasteiger partial charge >= 0.3 is 5.97 Å². The Labute approximate surface area is 112 Å². The van der Waals surface area contributed by atoms with Crippen LogP contribution in [0.4, 0.5) is 0 Å². The molecule has 0 aliphatic carbocycles. The molecule has 0 saturated carbocycles. The number of aromatic hydroxyl groups is 1. The Balaban J connectivity index is 2.38. The van der Waals surface area contributed by atoms with Gasteiger partial charge in [0.25, 0.3) is 0 Å². The van der Waals surface area contributed by atoms with Crippen LogP contribution in [-0.2, 0) is 22.6 Å². The number of aliphatic carboxylic acids is 1. The molecule has 0 unspecified atom stereocenters. The molecular weight excluding hydrogens is 244 g/mol. The lowest BCUT2D eigenvalue weighted by molar-refractivity contribution is -0.140. The number of fused-ring (bicyclic) bond motifs is 1. The number of carbonyl (C=O) groups is 1. The number of hydrogen-bond donors (Lipinski definition) is 2. The van der Waals surface area contributed by atoms with E-state index in [9.17, 15) is 9.90 Å². The first kappa shape index (κ1) is 13.6. The van der Waals surface area contributed by atoms with Gasteiger partial charge in [0, 0.05) is 5.56 Å². The summed E-state index contributed by atoms with van der Waals surface area (Å²) in [5, 5.41) is 18.8. The van der Waals surface area contributed by atoms with Gasteiger partial charge in [-0.15, -0.1) is 0 Å². The van der Waals surface area contributed by atoms with Gasteiger partial charge in [-0.05, 0) is 37.5 Å². The van der Waals surface area contributed by atoms with Crippen molar-refractivity contribution in [2.75, 3.05) is 0 Å². The molecule has 2 rings (SSSR count). The average Bonchev–Trinajstić information content (AvgIpc) is 2.72. The minimum atomic E-state index is -0.894. The number of allylic oxidation sites excluding steroid dienone is 2. The van der Waals surface area contributed by atoms with Crippen LogP contribution in [0.1, 0.15) is 43.1 Å². The number of phenolic OH excluding ortho intramolecular Hbond substituents is 1. The van der Waals surface area contributed by atoms with E-state index >= 15 is 0 Å². The highest BCUT2D eigenvalue weighted by atomic mass is 16.5. The van der Waals surface area contributed by atoms with Crippen molar-refractivity contribution >= 4 is 5.97 Å². The van der Waals surface area contributed by atoms with Crippen LogP contribution in [0.2, 0.25) is 0 Å². The van der Waals surface area contributed by atoms with E-state index in [1.165, 1.54) is 5.57 Å². The van der Waals surface area contributed by atoms with E-state index in [0.717, 1.165) is 23.1 Å². The molecule has 1 atom stereocenters. The highest BCUT2D eigenvalue weighted by Gasteiger charge is 2.29. The first-order valence-electron chi connectivity index (χ1n) is 6.29. The maximum atomic E-state index is 10.9. The molecule has 4 nitrogen and oxygen atoms in total. The van der Waals surface area contributed by atoms with Gasteiger partial charge in [-0.2, -0.15) is 0 Å². The van der Waals surface area contributed by atoms with E-state index in [4.69, 9.17) is 9.84 Å². The highest BCUT2D eigenvalue weighted by Crippen LogP contribution is 2.40. The molecule has 0 aromatic heterocycles. The first-order valence-corrected chi connectivity index (χ1v) is 6.29. The molecular formula is C15H18O4. The molecule has 0 saturated heterocycles. The molecule has 1 aromatic carbocycles. The maximum Gasteiger partial charge on any atom is 0.306 e. The number of benzene rings is 1. The topological polar surface area (TPSA) is 66.8 Å². The highest BCUT2D eigenvalue weighted by molar-refractivity contribution is 5.68. The molecule has 2 N–H and O–H groups in total. The van der Waals surface area contributed by atoms with Gasteiger partial charge < -0.3 is 14.9 Å². The number of carboxylic acid groups (broad SMARTS) is 1. The van der Waals surface area contributed by atoms with E-state index in [-0.39, 0.29) is 18.8 Å². The molecule has 0 radical (unpaired) electrons. The van der Waals surface area contributed by atoms with E-state index in [0.29, 0.717) is 0 Å². The van der Waals surface area contributed by atoms with Crippen LogP contribution in [0.15, 0.2) is 23.8 Å². The lowest BCUT2D eigenvalue weighted by Crippen LogP contribution is -2.07. The van der Waals surface area contributed by atoms with Crippen LogP contribution in [-0.4, -0.2) is 16.2 Å². The van der Waals surface area contributed by atoms with Gasteiger partial charge in [0.2, 0.25) is 0 Å². The van der Waals surface area contributed by atoms with Crippen molar-refractivity contribution in [3.05, 3.63) is 40.5 Å². The van der Waals surface area contributed by atoms with Crippen LogP contribution >= 0.6 is 0 Å². The van der Waals surface area contributed by atoms with Gasteiger partial charge in [-0.1, -0.05) is 17.7 Å². The van der Waals surface area contributed by atoms with E-state index < -0.39 is 12.1 Å². The van der Waals surface area contributed by atoms with Gasteiger partial charge in [0.1, 0.15) is 5.75 Å². The van der Waals surface area contributed by atoms with Gasteiger partial charge in [-0.25, -0.2) is 0 Å². The quantitative estimate of drug-likeness (QED) is 0.819. The fourth-order valence-electron chi connectivity index (χ4n) is 2.33. The van der Waals surface area contributed by atoms with Crippen LogP contribution in [0.25, 0.3) is 0 Å². The average molecular weight is 262 g/mol. The third-order valence-corrected chi connectivity index (χ3v) is 3.26. The molecule has 0 spiro atoms. The minimum Gasteiger partial charge on any atom is -0.508 e. The number of ether oxygens (including phenoxy) is 1. The zero-order valence-electron chi connectivity index (χ0n) is 11.1. The van der Waals surface area contributed by atoms with Crippen LogP contribution < -0.4 is 0 Å². The second-order valence-electron chi connectivity index (χ2n) is 5.02. The predicted molar refractivity (Wildman–Crippen MR) is 71.0 cm³/mol. The summed E-state index contributed by atoms with van der Waals surface area (Å²) in [4.78, 5) is 10.9. The van der Waals surface area contributed by atoms with Crippen molar-refractivity contribution in [3.63, 3.8) is 0 Å². The number of rotatable bonds is 4. The van der Waals surface area contributed by atoms with Crippen LogP contribution in [0, 0.1) is 0 Å². The third-order valence-electron chi connectivity index (χ3n) is 3.26. The number of hydrogen-bond acceptors (Lipinski definition) is 3. The van der Waals surface area contributed by atoms with Gasteiger partial charge in [0.05, 0.1) is 19.1 Å². The van der Waals surface area contributed by atoms with Crippen LogP contribution in [0.3, 0.4) is 0 Å². The van der Waals surface area contributed by atoms with Gasteiger partial charge in [-0.3, -0.25) is 4.79 Å². The lowest BCUT2D eigenvalue weighted by Gasteiger charge is -2.13. The molecule has 0 bridgehead atoms. The first-order chi connectivity index (χ1) is 8.99. The van der Waals surface area contributed by atoms with E-state index in [1.807, 2.05) is 19.9 Å². The largest absolute Gasteiger partial charge is 0.508 e. The summed E-state index contributed by atoms with van der Waals surface area (Å²) in [5.41, 5.74) is 3.80. The van der Waals surface area contributed by atoms with Crippen molar-refractivity contribution in [1.82, 2.24) is 0 Å². The maximum absolute atomic E-state index is 10.9. The second kappa shape index (κ2) is 5.45. The molecule has 1 aliphatic rings. The summed E-state index contributed by atoms with van der Waals surface area (Å²) < 4.78 is 5.50. The molecule has 0 fully saturated rings. The third kappa shape index (κ3) is 2.96. The molecule has 19 heavy (non-hydrogen) atoms. The summed E-state index contributed by atoms with van der Waals surface area (Å²) in [6, 6.07) is 3.50. The fourth-order valence-corrected chi connectivity index (χ4v) is 2.33. The zero-order valence-corrected chi connectivity index (χ0v) is 11.1. The Morgan fingerprint density at radius 2 is 2.21 bits per heavy atom.